The van der Waals surface area contributed by atoms with E-state index in [1.807, 2.05) is 0 Å². The molecule has 104 valence electrons. The Morgan fingerprint density at radius 2 is 2.26 bits per heavy atom. The van der Waals surface area contributed by atoms with Gasteiger partial charge in [-0.25, -0.2) is 13.4 Å². The Morgan fingerprint density at radius 1 is 1.58 bits per heavy atom. The van der Waals surface area contributed by atoms with Crippen molar-refractivity contribution in [3.8, 4) is 0 Å². The summed E-state index contributed by atoms with van der Waals surface area (Å²) in [4.78, 5) is 17.5. The zero-order valence-corrected chi connectivity index (χ0v) is 11.0. The quantitative estimate of drug-likeness (QED) is 0.582. The van der Waals surface area contributed by atoms with Crippen molar-refractivity contribution in [2.45, 2.75) is 18.9 Å². The predicted molar refractivity (Wildman–Crippen MR) is 68.4 cm³/mol. The van der Waals surface area contributed by atoms with Gasteiger partial charge >= 0.3 is 5.69 Å². The van der Waals surface area contributed by atoms with E-state index in [9.17, 15) is 18.5 Å². The first kappa shape index (κ1) is 13.5. The average Bonchev–Trinajstić information content (AvgIpc) is 2.52. The van der Waals surface area contributed by atoms with Crippen molar-refractivity contribution in [3.63, 3.8) is 0 Å². The molecule has 19 heavy (non-hydrogen) atoms. The zero-order valence-electron chi connectivity index (χ0n) is 10.2. The first-order valence-corrected chi connectivity index (χ1v) is 7.28. The lowest BCUT2D eigenvalue weighted by molar-refractivity contribution is -0.384. The summed E-state index contributed by atoms with van der Waals surface area (Å²) in [5, 5.41) is 13.7. The molecule has 0 amide bonds. The van der Waals surface area contributed by atoms with E-state index < -0.39 is 20.3 Å². The van der Waals surface area contributed by atoms with Crippen LogP contribution in [-0.4, -0.2) is 40.4 Å². The Balaban J connectivity index is 2.33. The minimum absolute atomic E-state index is 0.0465. The largest absolute Gasteiger partial charge is 0.368 e. The molecule has 1 aromatic rings. The molecular formula is C9H13N5O4S. The predicted octanol–water partition coefficient (Wildman–Crippen LogP) is -0.0439. The number of hydrogen-bond acceptors (Lipinski definition) is 8. The second-order valence-corrected chi connectivity index (χ2v) is 6.93. The van der Waals surface area contributed by atoms with Crippen LogP contribution in [0.2, 0.25) is 0 Å². The van der Waals surface area contributed by atoms with Gasteiger partial charge in [0.2, 0.25) is 11.8 Å². The maximum absolute atomic E-state index is 11.5. The molecule has 0 spiro atoms. The van der Waals surface area contributed by atoms with E-state index in [0.29, 0.717) is 6.42 Å². The number of nitrogens with zero attached hydrogens (tertiary/aromatic N) is 3. The number of rotatable bonds is 3. The van der Waals surface area contributed by atoms with Crippen molar-refractivity contribution in [2.24, 2.45) is 0 Å². The van der Waals surface area contributed by atoms with Crippen LogP contribution in [0, 0.1) is 10.1 Å². The van der Waals surface area contributed by atoms with Crippen molar-refractivity contribution >= 4 is 27.3 Å². The topological polar surface area (TPSA) is 141 Å². The van der Waals surface area contributed by atoms with Crippen LogP contribution in [0.4, 0.5) is 17.5 Å². The molecule has 1 aliphatic heterocycles. The van der Waals surface area contributed by atoms with Gasteiger partial charge in [-0.05, 0) is 13.3 Å². The Morgan fingerprint density at radius 3 is 2.79 bits per heavy atom. The molecule has 1 fully saturated rings. The minimum Gasteiger partial charge on any atom is -0.368 e. The molecule has 0 aliphatic carbocycles. The van der Waals surface area contributed by atoms with Crippen LogP contribution in [0.5, 0.6) is 0 Å². The van der Waals surface area contributed by atoms with Crippen LogP contribution < -0.4 is 11.1 Å². The highest BCUT2D eigenvalue weighted by atomic mass is 32.2. The van der Waals surface area contributed by atoms with E-state index in [0.717, 1.165) is 6.20 Å². The number of nitrogens with one attached hydrogen (secondary N) is 1. The number of aromatic nitrogens is 2. The van der Waals surface area contributed by atoms with Gasteiger partial charge in [-0.1, -0.05) is 0 Å². The fraction of sp³-hybridized carbons (Fsp3) is 0.556. The fourth-order valence-electron chi connectivity index (χ4n) is 2.01. The Kier molecular flexibility index (Phi) is 3.04. The van der Waals surface area contributed by atoms with E-state index in [1.165, 1.54) is 0 Å². The molecule has 0 aromatic carbocycles. The molecule has 2 heterocycles. The lowest BCUT2D eigenvalue weighted by atomic mass is 10.0. The van der Waals surface area contributed by atoms with Gasteiger partial charge < -0.3 is 11.1 Å². The summed E-state index contributed by atoms with van der Waals surface area (Å²) in [6.45, 7) is 1.68. The third-order valence-electron chi connectivity index (χ3n) is 2.91. The lowest BCUT2D eigenvalue weighted by Crippen LogP contribution is -2.36. The summed E-state index contributed by atoms with van der Waals surface area (Å²) in [6, 6.07) is 0. The smallest absolute Gasteiger partial charge is 0.329 e. The fourth-order valence-corrected chi connectivity index (χ4v) is 4.10. The van der Waals surface area contributed by atoms with Gasteiger partial charge in [0.15, 0.2) is 9.84 Å². The van der Waals surface area contributed by atoms with Crippen molar-refractivity contribution in [2.75, 3.05) is 22.6 Å². The van der Waals surface area contributed by atoms with Crippen molar-refractivity contribution in [1.29, 1.82) is 0 Å². The monoisotopic (exact) mass is 287 g/mol. The minimum atomic E-state index is -3.12. The maximum Gasteiger partial charge on any atom is 0.329 e. The first-order chi connectivity index (χ1) is 8.71. The average molecular weight is 287 g/mol. The molecule has 3 N–H and O–H groups in total. The Bertz CT molecular complexity index is 631. The van der Waals surface area contributed by atoms with Crippen LogP contribution in [0.15, 0.2) is 6.20 Å². The van der Waals surface area contributed by atoms with E-state index in [-0.39, 0.29) is 29.0 Å². The zero-order chi connectivity index (χ0) is 14.3. The highest BCUT2D eigenvalue weighted by Gasteiger charge is 2.39. The van der Waals surface area contributed by atoms with Crippen LogP contribution in [0.3, 0.4) is 0 Å². The van der Waals surface area contributed by atoms with Gasteiger partial charge in [-0.3, -0.25) is 10.1 Å². The van der Waals surface area contributed by atoms with Crippen molar-refractivity contribution in [1.82, 2.24) is 9.97 Å². The van der Waals surface area contributed by atoms with E-state index in [1.54, 1.807) is 6.92 Å². The summed E-state index contributed by atoms with van der Waals surface area (Å²) in [7, 11) is -3.12. The van der Waals surface area contributed by atoms with Gasteiger partial charge in [-0.2, -0.15) is 4.98 Å². The highest BCUT2D eigenvalue weighted by molar-refractivity contribution is 7.91. The molecule has 2 rings (SSSR count). The molecule has 0 bridgehead atoms. The Hall–Kier alpha value is -1.97. The maximum atomic E-state index is 11.5. The Labute approximate surface area is 109 Å². The molecule has 1 aromatic heterocycles. The molecule has 0 radical (unpaired) electrons. The SMILES string of the molecule is CC1(Nc2nc(N)ncc2[N+](=O)[O-])CCS(=O)(=O)C1. The standard InChI is InChI=1S/C9H13N5O4S/c1-9(2-3-19(17,18)5-9)13-7-6(14(15)16)4-11-8(10)12-7/h4H,2-3,5H2,1H3,(H3,10,11,12,13). The van der Waals surface area contributed by atoms with Gasteiger partial charge in [-0.15, -0.1) is 0 Å². The molecule has 1 atom stereocenters. The number of anilines is 2. The van der Waals surface area contributed by atoms with E-state index in [2.05, 4.69) is 15.3 Å². The van der Waals surface area contributed by atoms with Crippen LogP contribution in [-0.2, 0) is 9.84 Å². The summed E-state index contributed by atoms with van der Waals surface area (Å²) in [5.41, 5.74) is 4.27. The molecule has 9 nitrogen and oxygen atoms in total. The normalized spacial score (nSPS) is 25.1. The summed E-state index contributed by atoms with van der Waals surface area (Å²) in [5.74, 6) is -0.221. The van der Waals surface area contributed by atoms with Crippen LogP contribution >= 0.6 is 0 Å². The van der Waals surface area contributed by atoms with Crippen molar-refractivity contribution in [3.05, 3.63) is 16.3 Å². The molecular weight excluding hydrogens is 274 g/mol. The summed E-state index contributed by atoms with van der Waals surface area (Å²) < 4.78 is 23.0. The van der Waals surface area contributed by atoms with E-state index in [4.69, 9.17) is 5.73 Å². The molecule has 1 aliphatic rings. The van der Waals surface area contributed by atoms with Crippen molar-refractivity contribution < 1.29 is 13.3 Å². The van der Waals surface area contributed by atoms with Crippen LogP contribution in [0.25, 0.3) is 0 Å². The number of nitrogen functional groups attached to an aromatic ring is 1. The van der Waals surface area contributed by atoms with E-state index >= 15 is 0 Å². The molecule has 0 saturated carbocycles. The van der Waals surface area contributed by atoms with Crippen LogP contribution in [0.1, 0.15) is 13.3 Å². The molecule has 1 unspecified atom stereocenters. The number of nitrogens with two attached hydrogens (primary N) is 1. The second-order valence-electron chi connectivity index (χ2n) is 4.75. The van der Waals surface area contributed by atoms with Gasteiger partial charge in [0.25, 0.3) is 0 Å². The highest BCUT2D eigenvalue weighted by Crippen LogP contribution is 2.30. The summed E-state index contributed by atoms with van der Waals surface area (Å²) in [6.07, 6.45) is 1.36. The third-order valence-corrected chi connectivity index (χ3v) is 4.81. The second kappa shape index (κ2) is 4.30. The first-order valence-electron chi connectivity index (χ1n) is 5.46. The third kappa shape index (κ3) is 2.89. The number of nitro groups is 1. The lowest BCUT2D eigenvalue weighted by Gasteiger charge is -2.24. The summed E-state index contributed by atoms with van der Waals surface area (Å²) >= 11 is 0. The molecule has 1 saturated heterocycles. The van der Waals surface area contributed by atoms with Gasteiger partial charge in [0.1, 0.15) is 6.20 Å². The number of sulfone groups is 1. The number of hydrogen-bond donors (Lipinski definition) is 2. The molecule has 10 heteroatoms. The van der Waals surface area contributed by atoms with Gasteiger partial charge in [0.05, 0.1) is 22.0 Å². The van der Waals surface area contributed by atoms with Gasteiger partial charge in [0, 0.05) is 0 Å².